The number of rotatable bonds is 4. The Morgan fingerprint density at radius 2 is 1.32 bits per heavy atom. The summed E-state index contributed by atoms with van der Waals surface area (Å²) in [6.45, 7) is 0.968. The van der Waals surface area contributed by atoms with Crippen LogP contribution in [0, 0.1) is 0 Å². The minimum Gasteiger partial charge on any atom is -0.493 e. The molecular weight excluding hydrogens is 474 g/mol. The maximum absolute atomic E-state index is 13.6. The van der Waals surface area contributed by atoms with Gasteiger partial charge in [-0.1, -0.05) is 35.7 Å². The summed E-state index contributed by atoms with van der Waals surface area (Å²) in [4.78, 5) is 37.8. The molecule has 3 aromatic rings. The second-order valence-corrected chi connectivity index (χ2v) is 10.6. The van der Waals surface area contributed by atoms with Crippen molar-refractivity contribution in [2.24, 2.45) is 0 Å². The van der Waals surface area contributed by atoms with E-state index in [9.17, 15) is 19.8 Å². The van der Waals surface area contributed by atoms with Gasteiger partial charge in [0.1, 0.15) is 0 Å². The lowest BCUT2D eigenvalue weighted by Crippen LogP contribution is -2.35. The molecule has 11 heteroatoms. The summed E-state index contributed by atoms with van der Waals surface area (Å²) in [5, 5.41) is 22.8. The molecule has 0 bridgehead atoms. The highest BCUT2D eigenvalue weighted by molar-refractivity contribution is 7.99. The van der Waals surface area contributed by atoms with Gasteiger partial charge >= 0.3 is 0 Å². The Morgan fingerprint density at radius 3 is 1.76 bits per heavy atom. The zero-order valence-electron chi connectivity index (χ0n) is 18.9. The third-order valence-corrected chi connectivity index (χ3v) is 8.26. The van der Waals surface area contributed by atoms with Gasteiger partial charge in [0.25, 0.3) is 11.1 Å². The van der Waals surface area contributed by atoms with Crippen LogP contribution in [0.15, 0.2) is 44.2 Å². The van der Waals surface area contributed by atoms with Gasteiger partial charge in [0.2, 0.25) is 11.8 Å². The number of aromatic hydroxyl groups is 2. The van der Waals surface area contributed by atoms with E-state index in [0.29, 0.717) is 29.0 Å². The van der Waals surface area contributed by atoms with E-state index in [1.807, 2.05) is 31.1 Å². The first-order chi connectivity index (χ1) is 16.4. The normalized spacial score (nSPS) is 15.1. The van der Waals surface area contributed by atoms with Crippen LogP contribution in [0.1, 0.15) is 35.4 Å². The van der Waals surface area contributed by atoms with Crippen LogP contribution >= 0.6 is 23.5 Å². The zero-order chi connectivity index (χ0) is 24.0. The molecule has 0 saturated carbocycles. The van der Waals surface area contributed by atoms with Crippen LogP contribution in [-0.4, -0.2) is 54.9 Å². The van der Waals surface area contributed by atoms with Crippen molar-refractivity contribution in [3.63, 3.8) is 0 Å². The SMILES string of the molecule is CN(C)c1ccc(C(c2c(O)nc3n(c2=O)CCCS3)c2c(O)nc3n(c2=O)CCCS3)cc1. The molecule has 178 valence electrons. The Balaban J connectivity index is 1.79. The lowest BCUT2D eigenvalue weighted by molar-refractivity contribution is 0.406. The summed E-state index contributed by atoms with van der Waals surface area (Å²) in [5.74, 6) is -0.248. The topological polar surface area (TPSA) is 113 Å². The third kappa shape index (κ3) is 3.86. The molecule has 0 amide bonds. The van der Waals surface area contributed by atoms with E-state index >= 15 is 0 Å². The number of hydrogen-bond donors (Lipinski definition) is 2. The molecule has 0 unspecified atom stereocenters. The summed E-state index contributed by atoms with van der Waals surface area (Å²) < 4.78 is 3.08. The first-order valence-corrected chi connectivity index (χ1v) is 13.0. The monoisotopic (exact) mass is 499 g/mol. The van der Waals surface area contributed by atoms with Crippen LogP contribution in [0.5, 0.6) is 11.8 Å². The fourth-order valence-corrected chi connectivity index (χ4v) is 6.29. The van der Waals surface area contributed by atoms with Crippen LogP contribution in [0.4, 0.5) is 5.69 Å². The van der Waals surface area contributed by atoms with Crippen molar-refractivity contribution in [2.45, 2.75) is 42.2 Å². The van der Waals surface area contributed by atoms with E-state index in [1.54, 1.807) is 21.3 Å². The van der Waals surface area contributed by atoms with Gasteiger partial charge in [-0.15, -0.1) is 0 Å². The highest BCUT2D eigenvalue weighted by atomic mass is 32.2. The molecule has 4 heterocycles. The Morgan fingerprint density at radius 1 is 0.853 bits per heavy atom. The lowest BCUT2D eigenvalue weighted by Gasteiger charge is -2.25. The molecule has 0 saturated heterocycles. The van der Waals surface area contributed by atoms with Crippen molar-refractivity contribution < 1.29 is 10.2 Å². The van der Waals surface area contributed by atoms with Crippen LogP contribution in [0.25, 0.3) is 0 Å². The quantitative estimate of drug-likeness (QED) is 0.523. The molecule has 2 aliphatic heterocycles. The van der Waals surface area contributed by atoms with Gasteiger partial charge in [0, 0.05) is 44.4 Å². The highest BCUT2D eigenvalue weighted by Gasteiger charge is 2.34. The Labute approximate surface area is 204 Å². The van der Waals surface area contributed by atoms with Crippen molar-refractivity contribution in [3.8, 4) is 11.8 Å². The zero-order valence-corrected chi connectivity index (χ0v) is 20.5. The molecule has 0 fully saturated rings. The van der Waals surface area contributed by atoms with Gasteiger partial charge in [-0.25, -0.2) is 0 Å². The lowest BCUT2D eigenvalue weighted by atomic mass is 9.86. The van der Waals surface area contributed by atoms with Crippen molar-refractivity contribution >= 4 is 29.2 Å². The Kier molecular flexibility index (Phi) is 6.07. The minimum atomic E-state index is -1.02. The van der Waals surface area contributed by atoms with Gasteiger partial charge in [0.15, 0.2) is 10.3 Å². The molecule has 0 spiro atoms. The smallest absolute Gasteiger partial charge is 0.262 e. The van der Waals surface area contributed by atoms with E-state index in [0.717, 1.165) is 30.0 Å². The highest BCUT2D eigenvalue weighted by Crippen LogP contribution is 2.38. The Bertz CT molecular complexity index is 1290. The molecule has 2 aromatic heterocycles. The summed E-state index contributed by atoms with van der Waals surface area (Å²) in [6, 6.07) is 7.34. The Hall–Kier alpha value is -2.92. The third-order valence-electron chi connectivity index (χ3n) is 6.13. The second-order valence-electron chi connectivity index (χ2n) is 8.50. The van der Waals surface area contributed by atoms with Gasteiger partial charge in [-0.3, -0.25) is 18.7 Å². The maximum atomic E-state index is 13.6. The average Bonchev–Trinajstić information content (AvgIpc) is 2.83. The number of anilines is 1. The van der Waals surface area contributed by atoms with Gasteiger partial charge in [0.05, 0.1) is 17.0 Å². The molecule has 2 aliphatic rings. The molecule has 1 aromatic carbocycles. The number of nitrogens with zero attached hydrogens (tertiary/aromatic N) is 5. The first-order valence-electron chi connectivity index (χ1n) is 11.1. The van der Waals surface area contributed by atoms with E-state index < -0.39 is 28.8 Å². The molecule has 0 atom stereocenters. The number of thioether (sulfide) groups is 2. The van der Waals surface area contributed by atoms with Gasteiger partial charge in [-0.05, 0) is 30.5 Å². The maximum Gasteiger partial charge on any atom is 0.262 e. The predicted molar refractivity (Wildman–Crippen MR) is 133 cm³/mol. The van der Waals surface area contributed by atoms with Crippen LogP contribution in [-0.2, 0) is 13.1 Å². The summed E-state index contributed by atoms with van der Waals surface area (Å²) in [7, 11) is 3.83. The van der Waals surface area contributed by atoms with Crippen molar-refractivity contribution in [1.82, 2.24) is 19.1 Å². The van der Waals surface area contributed by atoms with E-state index in [4.69, 9.17) is 0 Å². The molecular formula is C23H25N5O4S2. The standard InChI is InChI=1S/C23H25N5O4S2/c1-26(2)14-7-5-13(6-8-14)15(16-18(29)24-22-27(20(16)31)9-3-11-33-22)17-19(30)25-23-28(21(17)32)10-4-12-34-23/h5-8,15,29-30H,3-4,9-12H2,1-2H3. The number of fused-ring (bicyclic) bond motifs is 2. The fraction of sp³-hybridized carbons (Fsp3) is 0.391. The summed E-state index contributed by atoms with van der Waals surface area (Å²) >= 11 is 2.83. The molecule has 5 rings (SSSR count). The molecule has 9 nitrogen and oxygen atoms in total. The van der Waals surface area contributed by atoms with Crippen LogP contribution < -0.4 is 16.0 Å². The van der Waals surface area contributed by atoms with Gasteiger partial charge in [-0.2, -0.15) is 9.97 Å². The van der Waals surface area contributed by atoms with Crippen molar-refractivity contribution in [3.05, 3.63) is 61.7 Å². The van der Waals surface area contributed by atoms with E-state index in [1.165, 1.54) is 23.5 Å². The number of benzene rings is 1. The summed E-state index contributed by atoms with van der Waals surface area (Å²) in [5.41, 5.74) is 0.648. The van der Waals surface area contributed by atoms with E-state index in [-0.39, 0.29) is 11.1 Å². The van der Waals surface area contributed by atoms with Crippen LogP contribution in [0.2, 0.25) is 0 Å². The minimum absolute atomic E-state index is 0.0259. The second kappa shape index (κ2) is 9.03. The van der Waals surface area contributed by atoms with E-state index in [2.05, 4.69) is 9.97 Å². The van der Waals surface area contributed by atoms with Crippen molar-refractivity contribution in [2.75, 3.05) is 30.5 Å². The number of hydrogen-bond acceptors (Lipinski definition) is 9. The fourth-order valence-electron chi connectivity index (χ4n) is 4.41. The predicted octanol–water partition coefficient (Wildman–Crippen LogP) is 2.45. The van der Waals surface area contributed by atoms with Gasteiger partial charge < -0.3 is 15.1 Å². The summed E-state index contributed by atoms with van der Waals surface area (Å²) in [6.07, 6.45) is 1.61. The molecule has 2 N–H and O–H groups in total. The average molecular weight is 500 g/mol. The molecule has 0 aliphatic carbocycles. The first kappa shape index (κ1) is 22.9. The largest absolute Gasteiger partial charge is 0.493 e. The molecule has 34 heavy (non-hydrogen) atoms. The molecule has 0 radical (unpaired) electrons. The van der Waals surface area contributed by atoms with Crippen LogP contribution in [0.3, 0.4) is 0 Å². The number of aromatic nitrogens is 4. The van der Waals surface area contributed by atoms with Crippen molar-refractivity contribution in [1.29, 1.82) is 0 Å².